The minimum absolute atomic E-state index is 0.0518. The van der Waals surface area contributed by atoms with E-state index in [1.54, 1.807) is 6.07 Å². The second-order valence-electron chi connectivity index (χ2n) is 4.00. The summed E-state index contributed by atoms with van der Waals surface area (Å²) in [4.78, 5) is 11.8. The van der Waals surface area contributed by atoms with E-state index in [4.69, 9.17) is 10.5 Å². The molecule has 1 aromatic carbocycles. The number of rotatable bonds is 6. The van der Waals surface area contributed by atoms with E-state index in [0.717, 1.165) is 12.8 Å². The second-order valence-corrected chi connectivity index (χ2v) is 4.00. The van der Waals surface area contributed by atoms with Crippen LogP contribution in [0.3, 0.4) is 0 Å². The van der Waals surface area contributed by atoms with Crippen molar-refractivity contribution in [2.75, 3.05) is 7.11 Å². The molecule has 0 amide bonds. The number of methoxy groups -OCH3 is 1. The molecule has 4 heteroatoms. The molecule has 17 heavy (non-hydrogen) atoms. The lowest BCUT2D eigenvalue weighted by molar-refractivity contribution is 0.0968. The summed E-state index contributed by atoms with van der Waals surface area (Å²) in [6.07, 6.45) is 1.84. The number of ether oxygens (including phenoxy) is 1. The molecular formula is C13H18FNO2. The van der Waals surface area contributed by atoms with Gasteiger partial charge in [-0.2, -0.15) is 0 Å². The first-order valence-corrected chi connectivity index (χ1v) is 5.71. The average Bonchev–Trinajstić information content (AvgIpc) is 2.29. The van der Waals surface area contributed by atoms with Crippen molar-refractivity contribution < 1.29 is 13.9 Å². The highest BCUT2D eigenvalue weighted by Gasteiger charge is 2.17. The lowest BCUT2D eigenvalue weighted by atomic mass is 10.0. The van der Waals surface area contributed by atoms with Gasteiger partial charge >= 0.3 is 0 Å². The molecule has 0 aromatic heterocycles. The van der Waals surface area contributed by atoms with Crippen molar-refractivity contribution in [1.29, 1.82) is 0 Å². The van der Waals surface area contributed by atoms with Crippen molar-refractivity contribution in [3.05, 3.63) is 29.6 Å². The van der Waals surface area contributed by atoms with Crippen molar-refractivity contribution in [3.8, 4) is 5.75 Å². The van der Waals surface area contributed by atoms with Crippen molar-refractivity contribution in [1.82, 2.24) is 0 Å². The van der Waals surface area contributed by atoms with Gasteiger partial charge in [0.1, 0.15) is 0 Å². The first-order valence-electron chi connectivity index (χ1n) is 5.71. The van der Waals surface area contributed by atoms with Crippen LogP contribution < -0.4 is 10.5 Å². The van der Waals surface area contributed by atoms with Gasteiger partial charge in [0.25, 0.3) is 0 Å². The van der Waals surface area contributed by atoms with Crippen LogP contribution in [-0.2, 0) is 0 Å². The van der Waals surface area contributed by atoms with Crippen LogP contribution in [0.25, 0.3) is 0 Å². The maximum atomic E-state index is 13.8. The molecule has 1 aromatic rings. The highest BCUT2D eigenvalue weighted by molar-refractivity contribution is 5.97. The molecule has 0 radical (unpaired) electrons. The zero-order chi connectivity index (χ0) is 12.8. The number of halogens is 1. The average molecular weight is 239 g/mol. The van der Waals surface area contributed by atoms with Gasteiger partial charge in [0.2, 0.25) is 0 Å². The van der Waals surface area contributed by atoms with E-state index in [9.17, 15) is 9.18 Å². The van der Waals surface area contributed by atoms with E-state index in [-0.39, 0.29) is 29.6 Å². The second kappa shape index (κ2) is 6.35. The molecule has 0 spiro atoms. The molecule has 1 rings (SSSR count). The predicted molar refractivity (Wildman–Crippen MR) is 64.8 cm³/mol. The molecule has 0 aliphatic rings. The predicted octanol–water partition coefficient (Wildman–Crippen LogP) is 2.53. The number of benzene rings is 1. The molecule has 0 saturated carbocycles. The van der Waals surface area contributed by atoms with E-state index >= 15 is 0 Å². The number of ketones is 1. The number of hydrogen-bond donors (Lipinski definition) is 1. The summed E-state index contributed by atoms with van der Waals surface area (Å²) < 4.78 is 18.6. The standard InChI is InChI=1S/C13H18FNO2/c1-3-5-9(15)8-11(16)10-6-4-7-12(17-2)13(10)14/h4,6-7,9H,3,5,8,15H2,1-2H3. The Labute approximate surface area is 101 Å². The van der Waals surface area contributed by atoms with Crippen LogP contribution in [0.1, 0.15) is 36.5 Å². The van der Waals surface area contributed by atoms with Crippen LogP contribution in [0.2, 0.25) is 0 Å². The third-order valence-electron chi connectivity index (χ3n) is 2.59. The first kappa shape index (κ1) is 13.6. The number of carbonyl (C=O) groups is 1. The zero-order valence-corrected chi connectivity index (χ0v) is 10.2. The van der Waals surface area contributed by atoms with Crippen LogP contribution in [0.5, 0.6) is 5.75 Å². The van der Waals surface area contributed by atoms with Crippen LogP contribution in [0.15, 0.2) is 18.2 Å². The van der Waals surface area contributed by atoms with E-state index in [1.165, 1.54) is 19.2 Å². The summed E-state index contributed by atoms with van der Waals surface area (Å²) in [6, 6.07) is 4.33. The molecule has 0 bridgehead atoms. The summed E-state index contributed by atoms with van der Waals surface area (Å²) in [5.41, 5.74) is 5.82. The Morgan fingerprint density at radius 2 is 2.24 bits per heavy atom. The summed E-state index contributed by atoms with van der Waals surface area (Å²) >= 11 is 0. The van der Waals surface area contributed by atoms with Crippen molar-refractivity contribution in [2.24, 2.45) is 5.73 Å². The normalized spacial score (nSPS) is 12.2. The molecule has 1 atom stereocenters. The van der Waals surface area contributed by atoms with E-state index in [2.05, 4.69) is 0 Å². The topological polar surface area (TPSA) is 52.3 Å². The molecule has 2 N–H and O–H groups in total. The fourth-order valence-electron chi connectivity index (χ4n) is 1.70. The molecule has 0 aliphatic heterocycles. The van der Waals surface area contributed by atoms with Gasteiger partial charge in [-0.05, 0) is 18.6 Å². The molecule has 1 unspecified atom stereocenters. The Balaban J connectivity index is 2.82. The van der Waals surface area contributed by atoms with Gasteiger partial charge in [0.15, 0.2) is 17.3 Å². The molecule has 94 valence electrons. The summed E-state index contributed by atoms with van der Waals surface area (Å²) in [7, 11) is 1.37. The third-order valence-corrected chi connectivity index (χ3v) is 2.59. The monoisotopic (exact) mass is 239 g/mol. The van der Waals surface area contributed by atoms with Gasteiger partial charge in [-0.3, -0.25) is 4.79 Å². The largest absolute Gasteiger partial charge is 0.494 e. The quantitative estimate of drug-likeness (QED) is 0.776. The molecule has 0 aliphatic carbocycles. The number of nitrogens with two attached hydrogens (primary N) is 1. The maximum Gasteiger partial charge on any atom is 0.175 e. The van der Waals surface area contributed by atoms with Gasteiger partial charge in [-0.25, -0.2) is 4.39 Å². The zero-order valence-electron chi connectivity index (χ0n) is 10.2. The molecule has 3 nitrogen and oxygen atoms in total. The van der Waals surface area contributed by atoms with Gasteiger partial charge in [-0.1, -0.05) is 19.4 Å². The molecule has 0 saturated heterocycles. The van der Waals surface area contributed by atoms with Crippen molar-refractivity contribution in [3.63, 3.8) is 0 Å². The van der Waals surface area contributed by atoms with Crippen molar-refractivity contribution in [2.45, 2.75) is 32.2 Å². The molecule has 0 fully saturated rings. The van der Waals surface area contributed by atoms with Gasteiger partial charge in [-0.15, -0.1) is 0 Å². The third kappa shape index (κ3) is 3.53. The van der Waals surface area contributed by atoms with E-state index in [0.29, 0.717) is 0 Å². The Bertz CT molecular complexity index is 393. The van der Waals surface area contributed by atoms with Crippen LogP contribution in [0, 0.1) is 5.82 Å². The van der Waals surface area contributed by atoms with Gasteiger partial charge in [0.05, 0.1) is 12.7 Å². The Hall–Kier alpha value is -1.42. The summed E-state index contributed by atoms with van der Waals surface area (Å²) in [5.74, 6) is -0.800. The number of Topliss-reactive ketones (excluding diaryl/α,β-unsaturated/α-hetero) is 1. The summed E-state index contributed by atoms with van der Waals surface area (Å²) in [5, 5.41) is 0. The minimum Gasteiger partial charge on any atom is -0.494 e. The fraction of sp³-hybridized carbons (Fsp3) is 0.462. The highest BCUT2D eigenvalue weighted by Crippen LogP contribution is 2.21. The van der Waals surface area contributed by atoms with Crippen molar-refractivity contribution >= 4 is 5.78 Å². The Kier molecular flexibility index (Phi) is 5.10. The lowest BCUT2D eigenvalue weighted by Gasteiger charge is -2.10. The van der Waals surface area contributed by atoms with Crippen LogP contribution >= 0.6 is 0 Å². The maximum absolute atomic E-state index is 13.8. The molecular weight excluding hydrogens is 221 g/mol. The Morgan fingerprint density at radius 3 is 2.82 bits per heavy atom. The first-order chi connectivity index (χ1) is 8.10. The van der Waals surface area contributed by atoms with E-state index < -0.39 is 5.82 Å². The smallest absolute Gasteiger partial charge is 0.175 e. The van der Waals surface area contributed by atoms with Gasteiger partial charge < -0.3 is 10.5 Å². The summed E-state index contributed by atoms with van der Waals surface area (Å²) in [6.45, 7) is 2.00. The minimum atomic E-state index is -0.608. The number of hydrogen-bond acceptors (Lipinski definition) is 3. The van der Waals surface area contributed by atoms with Crippen LogP contribution in [0.4, 0.5) is 4.39 Å². The molecule has 0 heterocycles. The highest BCUT2D eigenvalue weighted by atomic mass is 19.1. The van der Waals surface area contributed by atoms with E-state index in [1.807, 2.05) is 6.92 Å². The Morgan fingerprint density at radius 1 is 1.53 bits per heavy atom. The van der Waals surface area contributed by atoms with Crippen LogP contribution in [-0.4, -0.2) is 18.9 Å². The van der Waals surface area contributed by atoms with Gasteiger partial charge in [0, 0.05) is 12.5 Å². The fourth-order valence-corrected chi connectivity index (χ4v) is 1.70. The number of carbonyl (C=O) groups excluding carboxylic acids is 1. The SMILES string of the molecule is CCCC(N)CC(=O)c1cccc(OC)c1F. The lowest BCUT2D eigenvalue weighted by Crippen LogP contribution is -2.24.